The Balaban J connectivity index is 2.05. The molecular weight excluding hydrogens is 204 g/mol. The fourth-order valence-electron chi connectivity index (χ4n) is 2.27. The minimum absolute atomic E-state index is 1.16. The molecule has 3 rings (SSSR count). The second-order valence-corrected chi connectivity index (χ2v) is 4.91. The molecule has 1 fully saturated rings. The van der Waals surface area contributed by atoms with Gasteiger partial charge >= 0.3 is 0 Å². The molecule has 0 spiro atoms. The molecule has 0 aromatic carbocycles. The highest BCUT2D eigenvalue weighted by Crippen LogP contribution is 2.30. The second kappa shape index (κ2) is 3.81. The lowest BCUT2D eigenvalue weighted by Gasteiger charge is -2.29. The third-order valence-electron chi connectivity index (χ3n) is 3.04. The predicted octanol–water partition coefficient (Wildman–Crippen LogP) is 3.29. The van der Waals surface area contributed by atoms with Crippen LogP contribution in [0.4, 0.5) is 5.69 Å². The van der Waals surface area contributed by atoms with Crippen molar-refractivity contribution in [3.05, 3.63) is 23.7 Å². The maximum Gasteiger partial charge on any atom is 0.125 e. The molecule has 1 aliphatic heterocycles. The van der Waals surface area contributed by atoms with Crippen LogP contribution in [0.1, 0.15) is 19.3 Å². The van der Waals surface area contributed by atoms with E-state index in [1.807, 2.05) is 6.20 Å². The van der Waals surface area contributed by atoms with E-state index in [2.05, 4.69) is 27.4 Å². The van der Waals surface area contributed by atoms with E-state index in [9.17, 15) is 0 Å². The Morgan fingerprint density at radius 1 is 1.13 bits per heavy atom. The van der Waals surface area contributed by atoms with E-state index in [1.54, 1.807) is 11.3 Å². The molecule has 0 N–H and O–H groups in total. The third-order valence-corrected chi connectivity index (χ3v) is 3.86. The summed E-state index contributed by atoms with van der Waals surface area (Å²) in [6.07, 6.45) is 5.97. The topological polar surface area (TPSA) is 16.1 Å². The Hall–Kier alpha value is -1.09. The lowest BCUT2D eigenvalue weighted by atomic mass is 10.1. The molecule has 2 aromatic rings. The summed E-state index contributed by atoms with van der Waals surface area (Å²) in [5.41, 5.74) is 1.38. The van der Waals surface area contributed by atoms with Crippen LogP contribution >= 0.6 is 11.3 Å². The molecule has 0 saturated carbocycles. The number of piperidine rings is 1. The Kier molecular flexibility index (Phi) is 2.33. The zero-order valence-corrected chi connectivity index (χ0v) is 9.46. The zero-order valence-electron chi connectivity index (χ0n) is 8.65. The maximum atomic E-state index is 4.39. The highest BCUT2D eigenvalue weighted by atomic mass is 32.1. The molecule has 0 atom stereocenters. The van der Waals surface area contributed by atoms with Crippen LogP contribution in [-0.4, -0.2) is 18.1 Å². The van der Waals surface area contributed by atoms with Gasteiger partial charge < -0.3 is 4.90 Å². The van der Waals surface area contributed by atoms with Crippen molar-refractivity contribution in [1.29, 1.82) is 0 Å². The Labute approximate surface area is 93.6 Å². The molecule has 15 heavy (non-hydrogen) atoms. The largest absolute Gasteiger partial charge is 0.371 e. The van der Waals surface area contributed by atoms with Crippen LogP contribution in [0.5, 0.6) is 0 Å². The number of anilines is 1. The van der Waals surface area contributed by atoms with E-state index >= 15 is 0 Å². The van der Waals surface area contributed by atoms with Crippen molar-refractivity contribution in [2.75, 3.05) is 18.0 Å². The zero-order chi connectivity index (χ0) is 10.1. The number of rotatable bonds is 1. The first-order valence-corrected chi connectivity index (χ1v) is 6.40. The lowest BCUT2D eigenvalue weighted by molar-refractivity contribution is 0.579. The van der Waals surface area contributed by atoms with Crippen molar-refractivity contribution >= 4 is 27.2 Å². The van der Waals surface area contributed by atoms with Crippen LogP contribution in [0.15, 0.2) is 23.7 Å². The van der Waals surface area contributed by atoms with Crippen molar-refractivity contribution < 1.29 is 0 Å². The van der Waals surface area contributed by atoms with Gasteiger partial charge in [-0.2, -0.15) is 0 Å². The SMILES string of the molecule is c1cc(N2CCCCC2)c2ccsc2n1. The van der Waals surface area contributed by atoms with Gasteiger partial charge in [0.05, 0.1) is 0 Å². The van der Waals surface area contributed by atoms with Crippen molar-refractivity contribution in [2.24, 2.45) is 0 Å². The van der Waals surface area contributed by atoms with Crippen LogP contribution in [0, 0.1) is 0 Å². The molecule has 3 heterocycles. The number of fused-ring (bicyclic) bond motifs is 1. The monoisotopic (exact) mass is 218 g/mol. The van der Waals surface area contributed by atoms with E-state index in [4.69, 9.17) is 0 Å². The van der Waals surface area contributed by atoms with Gasteiger partial charge in [0.1, 0.15) is 4.83 Å². The standard InChI is InChI=1S/C12H14N2S/c1-2-7-14(8-3-1)11-4-6-13-12-10(11)5-9-15-12/h4-6,9H,1-3,7-8H2. The summed E-state index contributed by atoms with van der Waals surface area (Å²) in [5.74, 6) is 0. The highest BCUT2D eigenvalue weighted by Gasteiger charge is 2.13. The molecule has 0 radical (unpaired) electrons. The molecular formula is C12H14N2S. The number of nitrogens with zero attached hydrogens (tertiary/aromatic N) is 2. The van der Waals surface area contributed by atoms with Crippen molar-refractivity contribution in [3.63, 3.8) is 0 Å². The van der Waals surface area contributed by atoms with Gasteiger partial charge in [0.2, 0.25) is 0 Å². The maximum absolute atomic E-state index is 4.39. The first-order valence-electron chi connectivity index (χ1n) is 5.52. The summed E-state index contributed by atoms with van der Waals surface area (Å²) in [6.45, 7) is 2.41. The average Bonchev–Trinajstić information content (AvgIpc) is 2.78. The number of aromatic nitrogens is 1. The van der Waals surface area contributed by atoms with Crippen molar-refractivity contribution in [3.8, 4) is 0 Å². The van der Waals surface area contributed by atoms with Gasteiger partial charge in [-0.15, -0.1) is 11.3 Å². The molecule has 1 aliphatic rings. The van der Waals surface area contributed by atoms with Gasteiger partial charge in [-0.05, 0) is 36.8 Å². The predicted molar refractivity (Wildman–Crippen MR) is 65.7 cm³/mol. The normalized spacial score (nSPS) is 17.2. The van der Waals surface area contributed by atoms with Crippen LogP contribution in [-0.2, 0) is 0 Å². The van der Waals surface area contributed by atoms with Crippen LogP contribution in [0.3, 0.4) is 0 Å². The van der Waals surface area contributed by atoms with Crippen LogP contribution < -0.4 is 4.90 Å². The van der Waals surface area contributed by atoms with Gasteiger partial charge in [0.25, 0.3) is 0 Å². The molecule has 0 unspecified atom stereocenters. The molecule has 1 saturated heterocycles. The van der Waals surface area contributed by atoms with Crippen molar-refractivity contribution in [1.82, 2.24) is 4.98 Å². The highest BCUT2D eigenvalue weighted by molar-refractivity contribution is 7.16. The molecule has 2 nitrogen and oxygen atoms in total. The third kappa shape index (κ3) is 1.61. The molecule has 3 heteroatoms. The number of hydrogen-bond acceptors (Lipinski definition) is 3. The quantitative estimate of drug-likeness (QED) is 0.730. The average molecular weight is 218 g/mol. The fourth-order valence-corrected chi connectivity index (χ4v) is 3.03. The first kappa shape index (κ1) is 9.16. The summed E-state index contributed by atoms with van der Waals surface area (Å²) in [5, 5.41) is 3.45. The summed E-state index contributed by atoms with van der Waals surface area (Å²) in [7, 11) is 0. The minimum atomic E-state index is 1.16. The fraction of sp³-hybridized carbons (Fsp3) is 0.417. The first-order chi connectivity index (χ1) is 7.45. The number of hydrogen-bond donors (Lipinski definition) is 0. The Morgan fingerprint density at radius 2 is 2.00 bits per heavy atom. The minimum Gasteiger partial charge on any atom is -0.371 e. The van der Waals surface area contributed by atoms with Gasteiger partial charge in [0, 0.05) is 30.4 Å². The molecule has 0 bridgehead atoms. The molecule has 78 valence electrons. The lowest BCUT2D eigenvalue weighted by Crippen LogP contribution is -2.29. The van der Waals surface area contributed by atoms with E-state index in [1.165, 1.54) is 43.4 Å². The van der Waals surface area contributed by atoms with E-state index in [0.717, 1.165) is 4.83 Å². The summed E-state index contributed by atoms with van der Waals surface area (Å²) in [6, 6.07) is 4.34. The van der Waals surface area contributed by atoms with Gasteiger partial charge in [0.15, 0.2) is 0 Å². The Bertz CT molecular complexity index is 457. The number of pyridine rings is 1. The van der Waals surface area contributed by atoms with Crippen LogP contribution in [0.25, 0.3) is 10.2 Å². The van der Waals surface area contributed by atoms with Crippen molar-refractivity contribution in [2.45, 2.75) is 19.3 Å². The van der Waals surface area contributed by atoms with Crippen LogP contribution in [0.2, 0.25) is 0 Å². The summed E-state index contributed by atoms with van der Waals surface area (Å²) < 4.78 is 0. The van der Waals surface area contributed by atoms with E-state index in [-0.39, 0.29) is 0 Å². The smallest absolute Gasteiger partial charge is 0.125 e. The van der Waals surface area contributed by atoms with Gasteiger partial charge in [-0.25, -0.2) is 4.98 Å². The summed E-state index contributed by atoms with van der Waals surface area (Å²) >= 11 is 1.73. The van der Waals surface area contributed by atoms with E-state index < -0.39 is 0 Å². The second-order valence-electron chi connectivity index (χ2n) is 4.02. The molecule has 2 aromatic heterocycles. The van der Waals surface area contributed by atoms with E-state index in [0.29, 0.717) is 0 Å². The van der Waals surface area contributed by atoms with Gasteiger partial charge in [-0.1, -0.05) is 0 Å². The van der Waals surface area contributed by atoms with Gasteiger partial charge in [-0.3, -0.25) is 0 Å². The molecule has 0 aliphatic carbocycles. The number of thiophene rings is 1. The molecule has 0 amide bonds. The summed E-state index contributed by atoms with van der Waals surface area (Å²) in [4.78, 5) is 8.05. The Morgan fingerprint density at radius 3 is 2.87 bits per heavy atom.